The maximum Gasteiger partial charge on any atom is 0.268 e. The van der Waals surface area contributed by atoms with Gasteiger partial charge in [0.2, 0.25) is 0 Å². The number of amides is 1. The molecule has 5 heteroatoms. The summed E-state index contributed by atoms with van der Waals surface area (Å²) in [4.78, 5) is 14.6. The van der Waals surface area contributed by atoms with Gasteiger partial charge in [-0.2, -0.15) is 0 Å². The lowest BCUT2D eigenvalue weighted by atomic mass is 10.3. The zero-order chi connectivity index (χ0) is 13.8. The molecule has 0 unspecified atom stereocenters. The number of rotatable bonds is 5. The maximum absolute atomic E-state index is 12.1. The van der Waals surface area contributed by atoms with E-state index in [2.05, 4.69) is 24.4 Å². The van der Waals surface area contributed by atoms with Crippen molar-refractivity contribution in [3.05, 3.63) is 39.8 Å². The van der Waals surface area contributed by atoms with Crippen LogP contribution >= 0.6 is 11.3 Å². The minimum atomic E-state index is -0.0787. The largest absolute Gasteiger partial charge is 0.397 e. The highest BCUT2D eigenvalue weighted by Gasteiger charge is 2.12. The van der Waals surface area contributed by atoms with Crippen LogP contribution < -0.4 is 11.1 Å². The zero-order valence-electron chi connectivity index (χ0n) is 11.3. The van der Waals surface area contributed by atoms with E-state index in [0.29, 0.717) is 17.9 Å². The number of thiophene rings is 1. The van der Waals surface area contributed by atoms with Gasteiger partial charge in [-0.25, -0.2) is 0 Å². The number of carbonyl (C=O) groups is 1. The Balaban J connectivity index is 2.00. The smallest absolute Gasteiger partial charge is 0.268 e. The molecular weight excluding hydrogens is 258 g/mol. The van der Waals surface area contributed by atoms with E-state index >= 15 is 0 Å². The fraction of sp³-hybridized carbons (Fsp3) is 0.357. The molecule has 3 N–H and O–H groups in total. The molecule has 2 aromatic heterocycles. The molecule has 0 saturated carbocycles. The molecule has 4 nitrogen and oxygen atoms in total. The standard InChI is InChI=1S/C14H19N3OS/c1-3-11-5-6-12(19-11)8-16-14(18)13-7-10(15)9-17(13)4-2/h5-7,9H,3-4,8,15H2,1-2H3,(H,16,18). The normalized spacial score (nSPS) is 10.6. The summed E-state index contributed by atoms with van der Waals surface area (Å²) in [6.45, 7) is 5.42. The molecule has 0 spiro atoms. The van der Waals surface area contributed by atoms with Gasteiger partial charge in [0.1, 0.15) is 5.69 Å². The molecule has 1 amide bonds. The lowest BCUT2D eigenvalue weighted by Crippen LogP contribution is -2.24. The van der Waals surface area contributed by atoms with Crippen LogP contribution in [-0.4, -0.2) is 10.5 Å². The number of aryl methyl sites for hydroxylation is 2. The summed E-state index contributed by atoms with van der Waals surface area (Å²) in [5.41, 5.74) is 6.96. The molecule has 0 aliphatic rings. The van der Waals surface area contributed by atoms with Gasteiger partial charge in [-0.15, -0.1) is 11.3 Å². The van der Waals surface area contributed by atoms with Crippen molar-refractivity contribution in [1.82, 2.24) is 9.88 Å². The number of nitrogens with one attached hydrogen (secondary N) is 1. The first-order valence-corrected chi connectivity index (χ1v) is 7.27. The van der Waals surface area contributed by atoms with Crippen molar-refractivity contribution in [1.29, 1.82) is 0 Å². The summed E-state index contributed by atoms with van der Waals surface area (Å²) in [6, 6.07) is 5.89. The predicted molar refractivity (Wildman–Crippen MR) is 79.4 cm³/mol. The third-order valence-corrected chi connectivity index (χ3v) is 4.21. The predicted octanol–water partition coefficient (Wildman–Crippen LogP) is 2.64. The molecule has 2 rings (SSSR count). The second kappa shape index (κ2) is 5.93. The van der Waals surface area contributed by atoms with E-state index in [0.717, 1.165) is 13.0 Å². The molecule has 2 aromatic rings. The van der Waals surface area contributed by atoms with Gasteiger partial charge in [0.25, 0.3) is 5.91 Å². The number of hydrogen-bond acceptors (Lipinski definition) is 3. The van der Waals surface area contributed by atoms with Crippen molar-refractivity contribution in [3.8, 4) is 0 Å². The quantitative estimate of drug-likeness (QED) is 0.882. The average molecular weight is 277 g/mol. The Morgan fingerprint density at radius 2 is 2.11 bits per heavy atom. The van der Waals surface area contributed by atoms with Crippen LogP contribution in [0.5, 0.6) is 0 Å². The Morgan fingerprint density at radius 1 is 1.37 bits per heavy atom. The molecule has 19 heavy (non-hydrogen) atoms. The number of nitrogen functional groups attached to an aromatic ring is 1. The van der Waals surface area contributed by atoms with Crippen LogP contribution in [0.25, 0.3) is 0 Å². The number of nitrogens with two attached hydrogens (primary N) is 1. The maximum atomic E-state index is 12.1. The van der Waals surface area contributed by atoms with Crippen molar-refractivity contribution < 1.29 is 4.79 Å². The Bertz CT molecular complexity index is 571. The van der Waals surface area contributed by atoms with Gasteiger partial charge in [-0.05, 0) is 31.5 Å². The van der Waals surface area contributed by atoms with Crippen LogP contribution in [0.4, 0.5) is 5.69 Å². The summed E-state index contributed by atoms with van der Waals surface area (Å²) in [5, 5.41) is 2.94. The fourth-order valence-corrected chi connectivity index (χ4v) is 2.85. The highest BCUT2D eigenvalue weighted by molar-refractivity contribution is 7.11. The van der Waals surface area contributed by atoms with Crippen molar-refractivity contribution in [3.63, 3.8) is 0 Å². The topological polar surface area (TPSA) is 60.1 Å². The van der Waals surface area contributed by atoms with Crippen LogP contribution in [-0.2, 0) is 19.5 Å². The van der Waals surface area contributed by atoms with E-state index in [-0.39, 0.29) is 5.91 Å². The van der Waals surface area contributed by atoms with E-state index in [9.17, 15) is 4.79 Å². The summed E-state index contributed by atoms with van der Waals surface area (Å²) >= 11 is 1.74. The number of anilines is 1. The number of carbonyl (C=O) groups excluding carboxylic acids is 1. The molecular formula is C14H19N3OS. The van der Waals surface area contributed by atoms with E-state index < -0.39 is 0 Å². The van der Waals surface area contributed by atoms with E-state index in [1.165, 1.54) is 9.75 Å². The van der Waals surface area contributed by atoms with Crippen molar-refractivity contribution in [2.75, 3.05) is 5.73 Å². The molecule has 0 radical (unpaired) electrons. The number of nitrogens with zero attached hydrogens (tertiary/aromatic N) is 1. The first-order valence-electron chi connectivity index (χ1n) is 6.45. The van der Waals surface area contributed by atoms with Gasteiger partial charge in [0, 0.05) is 22.5 Å². The monoisotopic (exact) mass is 277 g/mol. The SMILES string of the molecule is CCc1ccc(CNC(=O)c2cc(N)cn2CC)s1. The average Bonchev–Trinajstić information content (AvgIpc) is 3.01. The molecule has 0 aliphatic carbocycles. The van der Waals surface area contributed by atoms with Gasteiger partial charge in [-0.1, -0.05) is 6.92 Å². The summed E-state index contributed by atoms with van der Waals surface area (Å²) in [7, 11) is 0. The highest BCUT2D eigenvalue weighted by Crippen LogP contribution is 2.17. The Kier molecular flexibility index (Phi) is 4.27. The van der Waals surface area contributed by atoms with Crippen molar-refractivity contribution >= 4 is 22.9 Å². The van der Waals surface area contributed by atoms with Crippen LogP contribution in [0.15, 0.2) is 24.4 Å². The first kappa shape index (κ1) is 13.7. The van der Waals surface area contributed by atoms with Crippen molar-refractivity contribution in [2.24, 2.45) is 0 Å². The van der Waals surface area contributed by atoms with E-state index in [4.69, 9.17) is 5.73 Å². The Hall–Kier alpha value is -1.75. The third-order valence-electron chi connectivity index (χ3n) is 2.98. The second-order valence-corrected chi connectivity index (χ2v) is 5.60. The van der Waals surface area contributed by atoms with E-state index in [1.807, 2.05) is 11.5 Å². The third kappa shape index (κ3) is 3.17. The number of hydrogen-bond donors (Lipinski definition) is 2. The molecule has 0 bridgehead atoms. The lowest BCUT2D eigenvalue weighted by Gasteiger charge is -2.06. The Labute approximate surface area is 117 Å². The summed E-state index contributed by atoms with van der Waals surface area (Å²) in [6.07, 6.45) is 2.82. The van der Waals surface area contributed by atoms with Gasteiger partial charge in [0.15, 0.2) is 0 Å². The fourth-order valence-electron chi connectivity index (χ4n) is 1.95. The van der Waals surface area contributed by atoms with Gasteiger partial charge in [-0.3, -0.25) is 4.79 Å². The molecule has 0 aliphatic heterocycles. The van der Waals surface area contributed by atoms with Crippen molar-refractivity contribution in [2.45, 2.75) is 33.4 Å². The van der Waals surface area contributed by atoms with Gasteiger partial charge < -0.3 is 15.6 Å². The molecule has 0 saturated heterocycles. The molecule has 2 heterocycles. The second-order valence-electron chi connectivity index (χ2n) is 4.35. The molecule has 102 valence electrons. The summed E-state index contributed by atoms with van der Waals surface area (Å²) < 4.78 is 1.86. The van der Waals surface area contributed by atoms with E-state index in [1.54, 1.807) is 23.6 Å². The first-order chi connectivity index (χ1) is 9.13. The minimum absolute atomic E-state index is 0.0787. The molecule has 0 aromatic carbocycles. The van der Waals surface area contributed by atoms with Gasteiger partial charge in [0.05, 0.1) is 12.2 Å². The molecule has 0 atom stereocenters. The Morgan fingerprint density at radius 3 is 2.74 bits per heavy atom. The highest BCUT2D eigenvalue weighted by atomic mass is 32.1. The van der Waals surface area contributed by atoms with Crippen LogP contribution in [0.3, 0.4) is 0 Å². The summed E-state index contributed by atoms with van der Waals surface area (Å²) in [5.74, 6) is -0.0787. The minimum Gasteiger partial charge on any atom is -0.397 e. The number of aromatic nitrogens is 1. The van der Waals surface area contributed by atoms with Crippen LogP contribution in [0.1, 0.15) is 34.1 Å². The van der Waals surface area contributed by atoms with Crippen LogP contribution in [0.2, 0.25) is 0 Å². The lowest BCUT2D eigenvalue weighted by molar-refractivity contribution is 0.0942. The zero-order valence-corrected chi connectivity index (χ0v) is 12.1. The van der Waals surface area contributed by atoms with Crippen LogP contribution in [0, 0.1) is 0 Å². The molecule has 0 fully saturated rings. The van der Waals surface area contributed by atoms with Gasteiger partial charge >= 0.3 is 0 Å².